The minimum atomic E-state index is -0.430. The second-order valence-corrected chi connectivity index (χ2v) is 11.7. The Morgan fingerprint density at radius 1 is 0.522 bits per heavy atom. The minimum Gasteiger partial charge on any atom is -0.309 e. The molecule has 0 bridgehead atoms. The summed E-state index contributed by atoms with van der Waals surface area (Å²) in [6, 6.07) is 44.1. The molecule has 0 atom stereocenters. The third kappa shape index (κ3) is 3.51. The van der Waals surface area contributed by atoms with Gasteiger partial charge in [-0.3, -0.25) is 9.59 Å². The maximum Gasteiger partial charge on any atom is 0.266 e. The third-order valence-electron chi connectivity index (χ3n) is 9.15. The van der Waals surface area contributed by atoms with Crippen LogP contribution in [0.25, 0.3) is 55.0 Å². The summed E-state index contributed by atoms with van der Waals surface area (Å²) >= 11 is 0. The summed E-state index contributed by atoms with van der Waals surface area (Å²) in [6.45, 7) is 2.09. The van der Waals surface area contributed by atoms with Gasteiger partial charge in [0.15, 0.2) is 0 Å². The first-order chi connectivity index (χ1) is 22.5. The molecule has 9 rings (SSSR count). The number of carbonyl (C=O) groups excluding carboxylic acids is 2. The molecule has 6 nitrogen and oxygen atoms in total. The summed E-state index contributed by atoms with van der Waals surface area (Å²) < 4.78 is 4.46. The van der Waals surface area contributed by atoms with Crippen molar-refractivity contribution >= 4 is 61.1 Å². The van der Waals surface area contributed by atoms with Crippen LogP contribution in [0.2, 0.25) is 0 Å². The normalized spacial score (nSPS) is 12.9. The van der Waals surface area contributed by atoms with Gasteiger partial charge in [-0.05, 0) is 73.7 Å². The van der Waals surface area contributed by atoms with Crippen molar-refractivity contribution in [3.63, 3.8) is 0 Å². The molecule has 216 valence electrons. The molecule has 2 amide bonds. The average Bonchev–Trinajstić information content (AvgIpc) is 3.68. The van der Waals surface area contributed by atoms with Gasteiger partial charge in [-0.15, -0.1) is 0 Å². The Morgan fingerprint density at radius 3 is 1.63 bits per heavy atom. The molecule has 0 radical (unpaired) electrons. The van der Waals surface area contributed by atoms with Crippen LogP contribution in [0.1, 0.15) is 31.8 Å². The summed E-state index contributed by atoms with van der Waals surface area (Å²) in [6.07, 6.45) is 0. The van der Waals surface area contributed by atoms with E-state index in [-0.39, 0.29) is 11.3 Å². The summed E-state index contributed by atoms with van der Waals surface area (Å²) in [4.78, 5) is 28.2. The number of hydrogen-bond acceptors (Lipinski definition) is 3. The van der Waals surface area contributed by atoms with Crippen LogP contribution in [0.5, 0.6) is 0 Å². The first-order valence-electron chi connectivity index (χ1n) is 15.1. The number of aryl methyl sites for hydroxylation is 1. The molecule has 0 saturated heterocycles. The topological polar surface area (TPSA) is 71.0 Å². The zero-order valence-electron chi connectivity index (χ0n) is 24.7. The van der Waals surface area contributed by atoms with Gasteiger partial charge >= 0.3 is 0 Å². The summed E-state index contributed by atoms with van der Waals surface area (Å²) in [5.41, 5.74) is 8.35. The molecular weight excluding hydrogens is 568 g/mol. The third-order valence-corrected chi connectivity index (χ3v) is 9.15. The van der Waals surface area contributed by atoms with E-state index in [1.54, 1.807) is 36.4 Å². The first-order valence-corrected chi connectivity index (χ1v) is 15.1. The highest BCUT2D eigenvalue weighted by Gasteiger charge is 2.37. The van der Waals surface area contributed by atoms with Crippen molar-refractivity contribution in [2.45, 2.75) is 6.92 Å². The lowest BCUT2D eigenvalue weighted by atomic mass is 10.1. The highest BCUT2D eigenvalue weighted by atomic mass is 16.2. The molecule has 8 aromatic rings. The number of benzene rings is 6. The maximum atomic E-state index is 13.5. The molecule has 0 aliphatic carbocycles. The summed E-state index contributed by atoms with van der Waals surface area (Å²) in [7, 11) is 0. The molecule has 6 heteroatoms. The molecule has 1 aliphatic rings. The van der Waals surface area contributed by atoms with Crippen LogP contribution in [-0.4, -0.2) is 20.9 Å². The van der Waals surface area contributed by atoms with Crippen molar-refractivity contribution in [1.29, 1.82) is 5.26 Å². The number of aromatic nitrogens is 2. The number of nitriles is 1. The van der Waals surface area contributed by atoms with Gasteiger partial charge in [0, 0.05) is 32.9 Å². The van der Waals surface area contributed by atoms with E-state index in [9.17, 15) is 14.9 Å². The maximum absolute atomic E-state index is 13.5. The Morgan fingerprint density at radius 2 is 1.04 bits per heavy atom. The van der Waals surface area contributed by atoms with Crippen LogP contribution < -0.4 is 4.90 Å². The second kappa shape index (κ2) is 9.52. The largest absolute Gasteiger partial charge is 0.309 e. The molecule has 1 aliphatic heterocycles. The number of hydrogen-bond donors (Lipinski definition) is 0. The van der Waals surface area contributed by atoms with Crippen LogP contribution in [0.4, 0.5) is 5.69 Å². The van der Waals surface area contributed by atoms with Crippen LogP contribution in [0.15, 0.2) is 127 Å². The number of imide groups is 1. The lowest BCUT2D eigenvalue weighted by Gasteiger charge is -2.18. The summed E-state index contributed by atoms with van der Waals surface area (Å²) in [5.74, 6) is -0.860. The lowest BCUT2D eigenvalue weighted by molar-refractivity contribution is 0.0926. The van der Waals surface area contributed by atoms with Gasteiger partial charge in [0.05, 0.1) is 44.4 Å². The lowest BCUT2D eigenvalue weighted by Crippen LogP contribution is -2.30. The molecule has 6 aromatic carbocycles. The number of para-hydroxylation sites is 2. The smallest absolute Gasteiger partial charge is 0.266 e. The fourth-order valence-electron chi connectivity index (χ4n) is 7.03. The van der Waals surface area contributed by atoms with Crippen molar-refractivity contribution < 1.29 is 9.59 Å². The van der Waals surface area contributed by atoms with E-state index in [4.69, 9.17) is 0 Å². The number of anilines is 1. The van der Waals surface area contributed by atoms with Crippen molar-refractivity contribution in [3.8, 4) is 17.4 Å². The number of fused-ring (bicyclic) bond motifs is 7. The molecule has 0 spiro atoms. The minimum absolute atomic E-state index is 0.251. The van der Waals surface area contributed by atoms with E-state index in [1.165, 1.54) is 10.9 Å². The zero-order valence-corrected chi connectivity index (χ0v) is 24.7. The van der Waals surface area contributed by atoms with Crippen molar-refractivity contribution in [3.05, 3.63) is 150 Å². The first kappa shape index (κ1) is 26.0. The number of nitrogens with zero attached hydrogens (tertiary/aromatic N) is 4. The number of amides is 2. The van der Waals surface area contributed by atoms with Gasteiger partial charge < -0.3 is 9.13 Å². The van der Waals surface area contributed by atoms with Crippen LogP contribution >= 0.6 is 0 Å². The van der Waals surface area contributed by atoms with Gasteiger partial charge in [-0.2, -0.15) is 5.26 Å². The molecule has 3 heterocycles. The van der Waals surface area contributed by atoms with Gasteiger partial charge in [-0.25, -0.2) is 4.90 Å². The van der Waals surface area contributed by atoms with Gasteiger partial charge in [0.2, 0.25) is 0 Å². The van der Waals surface area contributed by atoms with E-state index in [2.05, 4.69) is 94.9 Å². The van der Waals surface area contributed by atoms with E-state index >= 15 is 0 Å². The monoisotopic (exact) mass is 592 g/mol. The van der Waals surface area contributed by atoms with Gasteiger partial charge in [0.1, 0.15) is 6.07 Å². The van der Waals surface area contributed by atoms with E-state index in [0.717, 1.165) is 54.5 Å². The Balaban J connectivity index is 1.34. The predicted molar refractivity (Wildman–Crippen MR) is 182 cm³/mol. The molecule has 0 N–H and O–H groups in total. The molecular formula is C40H24N4O2. The zero-order chi connectivity index (χ0) is 31.1. The van der Waals surface area contributed by atoms with Crippen molar-refractivity contribution in [2.75, 3.05) is 4.90 Å². The Kier molecular flexibility index (Phi) is 5.38. The predicted octanol–water partition coefficient (Wildman–Crippen LogP) is 8.86. The van der Waals surface area contributed by atoms with Crippen LogP contribution in [0.3, 0.4) is 0 Å². The molecule has 0 fully saturated rings. The van der Waals surface area contributed by atoms with E-state index < -0.39 is 11.8 Å². The fourth-order valence-corrected chi connectivity index (χ4v) is 7.03. The standard InChI is InChI=1S/C40H24N4O2/c1-24-14-17-26(18-15-24)42-34-12-6-4-8-28(34)32-21-33-29-9-5-7-13-35(29)43(38(33)22-37(32)42)27-19-16-25(23-41)36(20-27)44-39(45)30-10-2-3-11-31(30)40(44)46/h2-22H,1H3. The Bertz CT molecular complexity index is 2620. The Hall–Kier alpha value is -6.45. The molecule has 0 unspecified atom stereocenters. The Labute approximate surface area is 263 Å². The molecule has 2 aromatic heterocycles. The van der Waals surface area contributed by atoms with Crippen LogP contribution in [0, 0.1) is 18.3 Å². The van der Waals surface area contributed by atoms with E-state index in [0.29, 0.717) is 11.1 Å². The number of carbonyl (C=O) groups is 2. The highest BCUT2D eigenvalue weighted by Crippen LogP contribution is 2.40. The van der Waals surface area contributed by atoms with Gasteiger partial charge in [-0.1, -0.05) is 66.2 Å². The van der Waals surface area contributed by atoms with Crippen molar-refractivity contribution in [2.24, 2.45) is 0 Å². The molecule has 0 saturated carbocycles. The van der Waals surface area contributed by atoms with Gasteiger partial charge in [0.25, 0.3) is 11.8 Å². The van der Waals surface area contributed by atoms with Crippen LogP contribution in [-0.2, 0) is 0 Å². The quantitative estimate of drug-likeness (QED) is 0.192. The molecule has 46 heavy (non-hydrogen) atoms. The number of rotatable bonds is 3. The summed E-state index contributed by atoms with van der Waals surface area (Å²) in [5, 5.41) is 14.6. The second-order valence-electron chi connectivity index (χ2n) is 11.7. The SMILES string of the molecule is Cc1ccc(-n2c3ccccc3c3cc4c5ccccc5n(-c5ccc(C#N)c(N6C(=O)c7ccccc7C6=O)c5)c4cc32)cc1. The van der Waals surface area contributed by atoms with E-state index in [1.807, 2.05) is 18.2 Å². The average molecular weight is 593 g/mol. The fraction of sp³-hybridized carbons (Fsp3) is 0.0250. The van der Waals surface area contributed by atoms with Crippen molar-refractivity contribution in [1.82, 2.24) is 9.13 Å². The highest BCUT2D eigenvalue weighted by molar-refractivity contribution is 6.34.